The molecule has 1 aliphatic rings. The Morgan fingerprint density at radius 3 is 2.79 bits per heavy atom. The summed E-state index contributed by atoms with van der Waals surface area (Å²) in [4.78, 5) is 0. The molecule has 1 aliphatic heterocycles. The summed E-state index contributed by atoms with van der Waals surface area (Å²) in [6.07, 6.45) is 2.40. The van der Waals surface area contributed by atoms with Crippen LogP contribution in [0.15, 0.2) is 5.38 Å². The fourth-order valence-corrected chi connectivity index (χ4v) is 4.23. The van der Waals surface area contributed by atoms with E-state index >= 15 is 0 Å². The third-order valence-electron chi connectivity index (χ3n) is 3.29. The lowest BCUT2D eigenvalue weighted by Crippen LogP contribution is -2.45. The molecule has 2 heterocycles. The van der Waals surface area contributed by atoms with E-state index in [1.54, 1.807) is 4.31 Å². The zero-order valence-corrected chi connectivity index (χ0v) is 12.7. The molecule has 0 spiro atoms. The SMILES string of the molecule is CCCS(=O)(=O)N1CCC(NCc2csnn2)CC1. The topological polar surface area (TPSA) is 75.2 Å². The van der Waals surface area contributed by atoms with Gasteiger partial charge in [0, 0.05) is 31.1 Å². The highest BCUT2D eigenvalue weighted by Crippen LogP contribution is 2.15. The molecule has 0 aliphatic carbocycles. The quantitative estimate of drug-likeness (QED) is 0.842. The van der Waals surface area contributed by atoms with Crippen molar-refractivity contribution in [1.82, 2.24) is 19.2 Å². The van der Waals surface area contributed by atoms with Gasteiger partial charge < -0.3 is 5.32 Å². The van der Waals surface area contributed by atoms with Crippen LogP contribution in [0.4, 0.5) is 0 Å². The van der Waals surface area contributed by atoms with Crippen LogP contribution in [0.5, 0.6) is 0 Å². The minimum absolute atomic E-state index is 0.260. The van der Waals surface area contributed by atoms with Gasteiger partial charge in [-0.05, 0) is 30.8 Å². The molecule has 108 valence electrons. The van der Waals surface area contributed by atoms with E-state index in [4.69, 9.17) is 0 Å². The second-order valence-corrected chi connectivity index (χ2v) is 7.46. The van der Waals surface area contributed by atoms with E-state index in [-0.39, 0.29) is 5.75 Å². The van der Waals surface area contributed by atoms with Crippen LogP contribution >= 0.6 is 11.5 Å². The summed E-state index contributed by atoms with van der Waals surface area (Å²) in [6, 6.07) is 0.370. The standard InChI is InChI=1S/C11H20N4O2S2/c1-2-7-19(16,17)15-5-3-10(4-6-15)12-8-11-9-18-14-13-11/h9-10,12H,2-8H2,1H3. The molecule has 1 N–H and O–H groups in total. The van der Waals surface area contributed by atoms with Crippen LogP contribution in [0.3, 0.4) is 0 Å². The Kier molecular flexibility index (Phi) is 5.26. The highest BCUT2D eigenvalue weighted by atomic mass is 32.2. The molecule has 2 rings (SSSR count). The first kappa shape index (κ1) is 14.8. The third kappa shape index (κ3) is 4.20. The summed E-state index contributed by atoms with van der Waals surface area (Å²) in [5, 5.41) is 9.31. The largest absolute Gasteiger partial charge is 0.308 e. The molecule has 0 bridgehead atoms. The van der Waals surface area contributed by atoms with Gasteiger partial charge in [-0.3, -0.25) is 0 Å². The van der Waals surface area contributed by atoms with E-state index in [9.17, 15) is 8.42 Å². The second kappa shape index (κ2) is 6.74. The zero-order valence-electron chi connectivity index (χ0n) is 11.1. The number of nitrogens with zero attached hydrogens (tertiary/aromatic N) is 3. The van der Waals surface area contributed by atoms with Gasteiger partial charge in [-0.1, -0.05) is 11.4 Å². The number of hydrogen-bond donors (Lipinski definition) is 1. The fourth-order valence-electron chi connectivity index (χ4n) is 2.24. The number of aromatic nitrogens is 2. The Morgan fingerprint density at radius 1 is 1.47 bits per heavy atom. The van der Waals surface area contributed by atoms with E-state index < -0.39 is 10.0 Å². The molecule has 0 saturated carbocycles. The van der Waals surface area contributed by atoms with Crippen LogP contribution < -0.4 is 5.32 Å². The molecule has 8 heteroatoms. The van der Waals surface area contributed by atoms with Crippen LogP contribution in [-0.4, -0.2) is 47.2 Å². The lowest BCUT2D eigenvalue weighted by molar-refractivity contribution is 0.288. The van der Waals surface area contributed by atoms with Crippen molar-refractivity contribution in [3.63, 3.8) is 0 Å². The van der Waals surface area contributed by atoms with Crippen molar-refractivity contribution < 1.29 is 8.42 Å². The Balaban J connectivity index is 1.76. The molecule has 0 atom stereocenters. The second-order valence-electron chi connectivity index (χ2n) is 4.77. The van der Waals surface area contributed by atoms with Gasteiger partial charge in [-0.25, -0.2) is 12.7 Å². The minimum atomic E-state index is -3.03. The van der Waals surface area contributed by atoms with Crippen molar-refractivity contribution in [2.75, 3.05) is 18.8 Å². The monoisotopic (exact) mass is 304 g/mol. The molecule has 1 saturated heterocycles. The molecular weight excluding hydrogens is 284 g/mol. The maximum atomic E-state index is 11.9. The van der Waals surface area contributed by atoms with Gasteiger partial charge in [0.1, 0.15) is 0 Å². The van der Waals surface area contributed by atoms with E-state index in [0.29, 0.717) is 32.1 Å². The van der Waals surface area contributed by atoms with Crippen LogP contribution in [0.2, 0.25) is 0 Å². The number of rotatable bonds is 6. The van der Waals surface area contributed by atoms with Crippen LogP contribution in [0, 0.1) is 0 Å². The molecule has 0 aromatic carbocycles. The van der Waals surface area contributed by atoms with Crippen molar-refractivity contribution in [1.29, 1.82) is 0 Å². The lowest BCUT2D eigenvalue weighted by atomic mass is 10.1. The van der Waals surface area contributed by atoms with Crippen molar-refractivity contribution >= 4 is 21.6 Å². The summed E-state index contributed by atoms with van der Waals surface area (Å²) in [5.74, 6) is 0.260. The predicted octanol–water partition coefficient (Wildman–Crippen LogP) is 0.832. The number of sulfonamides is 1. The van der Waals surface area contributed by atoms with Gasteiger partial charge in [0.05, 0.1) is 11.4 Å². The van der Waals surface area contributed by atoms with Crippen molar-refractivity contribution in [3.05, 3.63) is 11.1 Å². The Labute approximate surface area is 118 Å². The van der Waals surface area contributed by atoms with Gasteiger partial charge in [0.25, 0.3) is 0 Å². The van der Waals surface area contributed by atoms with Crippen molar-refractivity contribution in [2.45, 2.75) is 38.8 Å². The smallest absolute Gasteiger partial charge is 0.214 e. The van der Waals surface area contributed by atoms with Gasteiger partial charge >= 0.3 is 0 Å². The number of piperidine rings is 1. The molecule has 0 amide bonds. The molecule has 0 radical (unpaired) electrons. The Morgan fingerprint density at radius 2 is 2.21 bits per heavy atom. The summed E-state index contributed by atoms with van der Waals surface area (Å²) in [5.41, 5.74) is 0.950. The maximum Gasteiger partial charge on any atom is 0.214 e. The lowest BCUT2D eigenvalue weighted by Gasteiger charge is -2.31. The molecule has 1 fully saturated rings. The van der Waals surface area contributed by atoms with Crippen LogP contribution in [0.25, 0.3) is 0 Å². The molecule has 1 aromatic heterocycles. The first-order valence-corrected chi connectivity index (χ1v) is 9.03. The third-order valence-corrected chi connectivity index (χ3v) is 5.92. The number of hydrogen-bond acceptors (Lipinski definition) is 6. The fraction of sp³-hybridized carbons (Fsp3) is 0.818. The van der Waals surface area contributed by atoms with Crippen LogP contribution in [0.1, 0.15) is 31.9 Å². The van der Waals surface area contributed by atoms with E-state index in [2.05, 4.69) is 14.9 Å². The summed E-state index contributed by atoms with van der Waals surface area (Å²) in [6.45, 7) is 3.85. The highest BCUT2D eigenvalue weighted by Gasteiger charge is 2.26. The molecule has 1 aromatic rings. The van der Waals surface area contributed by atoms with E-state index in [0.717, 1.165) is 18.5 Å². The normalized spacial score (nSPS) is 18.8. The molecule has 0 unspecified atom stereocenters. The van der Waals surface area contributed by atoms with Gasteiger partial charge in [0.2, 0.25) is 10.0 Å². The van der Waals surface area contributed by atoms with Crippen LogP contribution in [-0.2, 0) is 16.6 Å². The molecular formula is C11H20N4O2S2. The van der Waals surface area contributed by atoms with Gasteiger partial charge in [0.15, 0.2) is 0 Å². The summed E-state index contributed by atoms with van der Waals surface area (Å²) >= 11 is 1.35. The molecule has 6 nitrogen and oxygen atoms in total. The van der Waals surface area contributed by atoms with E-state index in [1.165, 1.54) is 11.5 Å². The minimum Gasteiger partial charge on any atom is -0.308 e. The maximum absolute atomic E-state index is 11.9. The first-order chi connectivity index (χ1) is 9.12. The average Bonchev–Trinajstić information content (AvgIpc) is 2.90. The predicted molar refractivity (Wildman–Crippen MR) is 75.4 cm³/mol. The van der Waals surface area contributed by atoms with Crippen molar-refractivity contribution in [2.24, 2.45) is 0 Å². The Bertz CT molecular complexity index is 467. The van der Waals surface area contributed by atoms with Crippen molar-refractivity contribution in [3.8, 4) is 0 Å². The van der Waals surface area contributed by atoms with Gasteiger partial charge in [-0.2, -0.15) is 0 Å². The highest BCUT2D eigenvalue weighted by molar-refractivity contribution is 7.89. The van der Waals surface area contributed by atoms with E-state index in [1.807, 2.05) is 12.3 Å². The number of nitrogens with one attached hydrogen (secondary N) is 1. The summed E-state index contributed by atoms with van der Waals surface area (Å²) < 4.78 is 29.3. The first-order valence-electron chi connectivity index (χ1n) is 6.59. The zero-order chi connectivity index (χ0) is 13.7. The molecule has 19 heavy (non-hydrogen) atoms. The average molecular weight is 304 g/mol. The van der Waals surface area contributed by atoms with Gasteiger partial charge in [-0.15, -0.1) is 5.10 Å². The Hall–Kier alpha value is -0.570. The summed E-state index contributed by atoms with van der Waals surface area (Å²) in [7, 11) is -3.03.